The molecule has 1 saturated heterocycles. The van der Waals surface area contributed by atoms with Crippen molar-refractivity contribution in [1.82, 2.24) is 26.2 Å². The van der Waals surface area contributed by atoms with Crippen molar-refractivity contribution < 1.29 is 24.3 Å². The molecule has 1 aliphatic heterocycles. The largest absolute Gasteiger partial charge is 0.394 e. The molecular weight excluding hydrogens is 450 g/mol. The summed E-state index contributed by atoms with van der Waals surface area (Å²) in [6.45, 7) is 8.42. The molecule has 0 bridgehead atoms. The number of nitrogens with one attached hydrogen (secondary N) is 4. The molecule has 0 aromatic heterocycles. The number of carbonyl (C=O) groups excluding carboxylic acids is 4. The van der Waals surface area contributed by atoms with Gasteiger partial charge in [-0.3, -0.25) is 19.2 Å². The van der Waals surface area contributed by atoms with Crippen LogP contribution < -0.4 is 21.3 Å². The number of likely N-dealkylation sites (N-methyl/N-ethyl adjacent to an activating group) is 1. The van der Waals surface area contributed by atoms with Crippen molar-refractivity contribution in [3.8, 4) is 0 Å². The van der Waals surface area contributed by atoms with Crippen LogP contribution in [0.15, 0.2) is 30.3 Å². The van der Waals surface area contributed by atoms with E-state index in [1.54, 1.807) is 26.1 Å². The normalized spacial score (nSPS) is 20.5. The standard InChI is InChI=1S/C25H39N5O5/c1-15(26-6)22(33)29-21(25(3,4)5)24(35)30-13-18(27-16(2)32)12-20(30)23(34)28-19(14-31)17-10-8-7-9-11-17/h7-11,15,18-21,26,31H,12-14H2,1-6H3,(H,27,32)(H,28,34)(H,29,33)/t15-,18-,19+,20?,21+/m0/s1. The summed E-state index contributed by atoms with van der Waals surface area (Å²) in [6.07, 6.45) is 0.224. The van der Waals surface area contributed by atoms with E-state index in [2.05, 4.69) is 21.3 Å². The van der Waals surface area contributed by atoms with Gasteiger partial charge in [0.05, 0.1) is 18.7 Å². The predicted octanol–water partition coefficient (Wildman–Crippen LogP) is 0.0806. The van der Waals surface area contributed by atoms with E-state index in [9.17, 15) is 24.3 Å². The summed E-state index contributed by atoms with van der Waals surface area (Å²) in [4.78, 5) is 52.8. The number of rotatable bonds is 9. The lowest BCUT2D eigenvalue weighted by Crippen LogP contribution is -2.59. The van der Waals surface area contributed by atoms with Gasteiger partial charge in [0.15, 0.2) is 0 Å². The van der Waals surface area contributed by atoms with Gasteiger partial charge in [-0.05, 0) is 31.4 Å². The monoisotopic (exact) mass is 489 g/mol. The molecule has 10 heteroatoms. The van der Waals surface area contributed by atoms with Crippen molar-refractivity contribution in [3.63, 3.8) is 0 Å². The SMILES string of the molecule is CN[C@@H](C)C(=O)N[C@H](C(=O)N1C[C@@H](NC(C)=O)CC1C(=O)N[C@H](CO)c1ccccc1)C(C)(C)C. The summed E-state index contributed by atoms with van der Waals surface area (Å²) < 4.78 is 0. The highest BCUT2D eigenvalue weighted by Gasteiger charge is 2.45. The molecule has 0 spiro atoms. The molecule has 2 rings (SSSR count). The van der Waals surface area contributed by atoms with Crippen molar-refractivity contribution in [3.05, 3.63) is 35.9 Å². The number of hydrogen-bond acceptors (Lipinski definition) is 6. The van der Waals surface area contributed by atoms with E-state index < -0.39 is 47.4 Å². The summed E-state index contributed by atoms with van der Waals surface area (Å²) in [5.41, 5.74) is 0.101. The number of nitrogens with zero attached hydrogens (tertiary/aromatic N) is 1. The zero-order valence-electron chi connectivity index (χ0n) is 21.4. The molecule has 0 radical (unpaired) electrons. The lowest BCUT2D eigenvalue weighted by Gasteiger charge is -2.36. The second kappa shape index (κ2) is 12.1. The Labute approximate surface area is 207 Å². The van der Waals surface area contributed by atoms with Crippen LogP contribution in [0, 0.1) is 5.41 Å². The van der Waals surface area contributed by atoms with E-state index in [0.29, 0.717) is 0 Å². The zero-order valence-corrected chi connectivity index (χ0v) is 21.4. The van der Waals surface area contributed by atoms with Gasteiger partial charge >= 0.3 is 0 Å². The van der Waals surface area contributed by atoms with Crippen LogP contribution >= 0.6 is 0 Å². The van der Waals surface area contributed by atoms with E-state index in [0.717, 1.165) is 5.56 Å². The topological polar surface area (TPSA) is 140 Å². The molecule has 0 aliphatic carbocycles. The summed E-state index contributed by atoms with van der Waals surface area (Å²) >= 11 is 0. The molecule has 1 unspecified atom stereocenters. The van der Waals surface area contributed by atoms with Gasteiger partial charge < -0.3 is 31.3 Å². The van der Waals surface area contributed by atoms with Crippen LogP contribution in [0.4, 0.5) is 0 Å². The Kier molecular flexibility index (Phi) is 9.79. The average Bonchev–Trinajstić information content (AvgIpc) is 3.22. The minimum atomic E-state index is -0.889. The van der Waals surface area contributed by atoms with Gasteiger partial charge in [0.25, 0.3) is 0 Å². The van der Waals surface area contributed by atoms with Crippen molar-refractivity contribution in [1.29, 1.82) is 0 Å². The Hall–Kier alpha value is -2.98. The number of amides is 4. The molecule has 1 fully saturated rings. The lowest BCUT2D eigenvalue weighted by atomic mass is 9.85. The van der Waals surface area contributed by atoms with Gasteiger partial charge in [-0.25, -0.2) is 0 Å². The van der Waals surface area contributed by atoms with Crippen molar-refractivity contribution in [2.45, 2.75) is 71.2 Å². The zero-order chi connectivity index (χ0) is 26.3. The van der Waals surface area contributed by atoms with Gasteiger partial charge in [0.1, 0.15) is 12.1 Å². The fraction of sp³-hybridized carbons (Fsp3) is 0.600. The van der Waals surface area contributed by atoms with Crippen LogP contribution in [-0.2, 0) is 19.2 Å². The number of carbonyl (C=O) groups is 4. The fourth-order valence-corrected chi connectivity index (χ4v) is 4.12. The minimum Gasteiger partial charge on any atom is -0.394 e. The molecule has 194 valence electrons. The summed E-state index contributed by atoms with van der Waals surface area (Å²) in [7, 11) is 1.65. The third-order valence-corrected chi connectivity index (χ3v) is 6.22. The number of aliphatic hydroxyl groups excluding tert-OH is 1. The van der Waals surface area contributed by atoms with Gasteiger partial charge in [0.2, 0.25) is 23.6 Å². The molecular formula is C25H39N5O5. The smallest absolute Gasteiger partial charge is 0.246 e. The van der Waals surface area contributed by atoms with Crippen LogP contribution in [-0.4, -0.2) is 78.0 Å². The third-order valence-electron chi connectivity index (χ3n) is 6.22. The summed E-state index contributed by atoms with van der Waals surface area (Å²) in [6, 6.07) is 5.73. The van der Waals surface area contributed by atoms with E-state index in [4.69, 9.17) is 0 Å². The highest BCUT2D eigenvalue weighted by Crippen LogP contribution is 2.27. The van der Waals surface area contributed by atoms with Crippen molar-refractivity contribution in [2.24, 2.45) is 5.41 Å². The average molecular weight is 490 g/mol. The Bertz CT molecular complexity index is 901. The number of hydrogen-bond donors (Lipinski definition) is 5. The highest BCUT2D eigenvalue weighted by atomic mass is 16.3. The first-order valence-corrected chi connectivity index (χ1v) is 11.9. The molecule has 1 aromatic rings. The second-order valence-corrected chi connectivity index (χ2v) is 10.1. The minimum absolute atomic E-state index is 0.135. The van der Waals surface area contributed by atoms with Gasteiger partial charge in [-0.1, -0.05) is 51.1 Å². The summed E-state index contributed by atoms with van der Waals surface area (Å²) in [5, 5.41) is 21.2. The maximum Gasteiger partial charge on any atom is 0.246 e. The molecule has 10 nitrogen and oxygen atoms in total. The first-order valence-electron chi connectivity index (χ1n) is 11.9. The maximum absolute atomic E-state index is 13.8. The number of likely N-dealkylation sites (tertiary alicyclic amines) is 1. The Morgan fingerprint density at radius 1 is 1.11 bits per heavy atom. The first-order chi connectivity index (χ1) is 16.4. The van der Waals surface area contributed by atoms with E-state index in [1.165, 1.54) is 11.8 Å². The number of aliphatic hydroxyl groups is 1. The fourth-order valence-electron chi connectivity index (χ4n) is 4.12. The second-order valence-electron chi connectivity index (χ2n) is 10.1. The molecule has 5 atom stereocenters. The van der Waals surface area contributed by atoms with Crippen LogP contribution in [0.3, 0.4) is 0 Å². The van der Waals surface area contributed by atoms with Crippen molar-refractivity contribution >= 4 is 23.6 Å². The molecule has 35 heavy (non-hydrogen) atoms. The molecule has 1 aliphatic rings. The van der Waals surface area contributed by atoms with Crippen LogP contribution in [0.5, 0.6) is 0 Å². The number of benzene rings is 1. The molecule has 4 amide bonds. The molecule has 1 aromatic carbocycles. The van der Waals surface area contributed by atoms with Gasteiger partial charge in [-0.2, -0.15) is 0 Å². The van der Waals surface area contributed by atoms with Crippen molar-refractivity contribution in [2.75, 3.05) is 20.2 Å². The lowest BCUT2D eigenvalue weighted by molar-refractivity contribution is -0.144. The first kappa shape index (κ1) is 28.3. The van der Waals surface area contributed by atoms with Gasteiger partial charge in [0, 0.05) is 19.5 Å². The van der Waals surface area contributed by atoms with Crippen LogP contribution in [0.2, 0.25) is 0 Å². The van der Waals surface area contributed by atoms with Crippen LogP contribution in [0.1, 0.15) is 52.6 Å². The van der Waals surface area contributed by atoms with E-state index >= 15 is 0 Å². The predicted molar refractivity (Wildman–Crippen MR) is 132 cm³/mol. The van der Waals surface area contributed by atoms with E-state index in [-0.39, 0.29) is 31.4 Å². The molecule has 5 N–H and O–H groups in total. The summed E-state index contributed by atoms with van der Waals surface area (Å²) in [5.74, 6) is -1.42. The van der Waals surface area contributed by atoms with Gasteiger partial charge in [-0.15, -0.1) is 0 Å². The van der Waals surface area contributed by atoms with E-state index in [1.807, 2.05) is 39.0 Å². The maximum atomic E-state index is 13.8. The highest BCUT2D eigenvalue weighted by molar-refractivity contribution is 5.94. The molecule has 1 heterocycles. The molecule has 0 saturated carbocycles. The quantitative estimate of drug-likeness (QED) is 0.333. The van der Waals surface area contributed by atoms with Crippen LogP contribution in [0.25, 0.3) is 0 Å². The Balaban J connectivity index is 2.31. The Morgan fingerprint density at radius 2 is 1.74 bits per heavy atom. The Morgan fingerprint density at radius 3 is 2.26 bits per heavy atom. The third kappa shape index (κ3) is 7.50.